The first-order valence-electron chi connectivity index (χ1n) is 1.34. The Bertz CT molecular complexity index is 20.9. The molecule has 0 aliphatic rings. The van der Waals surface area contributed by atoms with Crippen LogP contribution in [0.1, 0.15) is 0 Å². The molecule has 0 aliphatic heterocycles. The van der Waals surface area contributed by atoms with Gasteiger partial charge < -0.3 is 5.11 Å². The average molecular weight is 73.1 g/mol. The van der Waals surface area contributed by atoms with Crippen LogP contribution in [0.3, 0.4) is 0 Å². The van der Waals surface area contributed by atoms with Crippen LogP contribution >= 0.6 is 0 Å². The molecule has 0 aromatic carbocycles. The second-order valence-corrected chi connectivity index (χ2v) is 0.898. The fourth-order valence-corrected chi connectivity index (χ4v) is 0. The van der Waals surface area contributed by atoms with E-state index in [0.717, 1.165) is 0 Å². The summed E-state index contributed by atoms with van der Waals surface area (Å²) in [6.07, 6.45) is 0. The molecule has 2 radical (unpaired) electrons. The highest BCUT2D eigenvalue weighted by Crippen LogP contribution is 1.63. The van der Waals surface area contributed by atoms with E-state index in [4.69, 9.17) is 12.2 Å². The van der Waals surface area contributed by atoms with Crippen molar-refractivity contribution in [3.8, 4) is 0 Å². The van der Waals surface area contributed by atoms with Gasteiger partial charge in [0.25, 0.3) is 0 Å². The van der Waals surface area contributed by atoms with Gasteiger partial charge in [0.15, 0.2) is 0 Å². The maximum atomic E-state index is 7.94. The maximum absolute atomic E-state index is 7.94. The van der Waals surface area contributed by atoms with Crippen molar-refractivity contribution in [1.29, 1.82) is 0 Å². The predicted octanol–water partition coefficient (Wildman–Crippen LogP) is -0.463. The topological polar surface area (TPSA) is 23.5 Å². The van der Waals surface area contributed by atoms with E-state index in [-0.39, 0.29) is 6.73 Å². The molecule has 0 aliphatic carbocycles. The van der Waals surface area contributed by atoms with Crippen LogP contribution in [0, 0.1) is 7.05 Å². The summed E-state index contributed by atoms with van der Waals surface area (Å²) in [5.74, 6) is 0. The summed E-state index contributed by atoms with van der Waals surface area (Å²) in [4.78, 5) is 1.18. The molecule has 5 heavy (non-hydrogen) atoms. The van der Waals surface area contributed by atoms with Crippen molar-refractivity contribution in [1.82, 2.24) is 4.90 Å². The van der Waals surface area contributed by atoms with Gasteiger partial charge in [-0.25, -0.2) is 0 Å². The number of hydrogen-bond acceptors (Lipinski definition) is 2. The van der Waals surface area contributed by atoms with Gasteiger partial charge in [0, 0.05) is 7.05 Å². The highest BCUT2D eigenvalue weighted by molar-refractivity contribution is 4.28. The lowest BCUT2D eigenvalue weighted by atomic mass is 11.0. The number of rotatable bonds is 1. The molecular weight excluding hydrogens is 66.0 g/mol. The monoisotopic (exact) mass is 73.1 g/mol. The molecule has 0 aromatic heterocycles. The first-order valence-corrected chi connectivity index (χ1v) is 1.34. The van der Waals surface area contributed by atoms with Gasteiger partial charge >= 0.3 is 0 Å². The Balaban J connectivity index is 2.54. The Morgan fingerprint density at radius 3 is 2.20 bits per heavy atom. The van der Waals surface area contributed by atoms with Crippen molar-refractivity contribution in [3.05, 3.63) is 7.05 Å². The molecule has 0 heterocycles. The van der Waals surface area contributed by atoms with E-state index >= 15 is 0 Å². The van der Waals surface area contributed by atoms with Crippen LogP contribution in [0.2, 0.25) is 0 Å². The zero-order valence-electron chi connectivity index (χ0n) is 3.18. The summed E-state index contributed by atoms with van der Waals surface area (Å²) < 4.78 is 0. The van der Waals surface area contributed by atoms with Crippen LogP contribution in [-0.4, -0.2) is 23.8 Å². The molecule has 0 rings (SSSR count). The van der Waals surface area contributed by atoms with E-state index in [1.807, 2.05) is 0 Å². The summed E-state index contributed by atoms with van der Waals surface area (Å²) in [6.45, 7) is -0.0833. The summed E-state index contributed by atoms with van der Waals surface area (Å²) in [5, 5.41) is 7.94. The van der Waals surface area contributed by atoms with E-state index < -0.39 is 0 Å². The highest BCUT2D eigenvalue weighted by Gasteiger charge is 1.74. The molecule has 0 atom stereocenters. The minimum atomic E-state index is -0.0833. The van der Waals surface area contributed by atoms with Crippen LogP contribution < -0.4 is 0 Å². The third-order valence-corrected chi connectivity index (χ3v) is 0.223. The average Bonchev–Trinajstić information content (AvgIpc) is 1.38. The minimum Gasteiger partial charge on any atom is -0.381 e. The number of hydrogen-bond donors (Lipinski definition) is 1. The van der Waals surface area contributed by atoms with Gasteiger partial charge in [-0.2, -0.15) is 0 Å². The van der Waals surface area contributed by atoms with Gasteiger partial charge in [0.2, 0.25) is 0 Å². The Morgan fingerprint density at radius 1 is 2.00 bits per heavy atom. The third kappa shape index (κ3) is 3.92. The molecule has 0 bridgehead atoms. The van der Waals surface area contributed by atoms with Crippen LogP contribution in [0.15, 0.2) is 0 Å². The van der Waals surface area contributed by atoms with Crippen molar-refractivity contribution in [3.63, 3.8) is 0 Å². The van der Waals surface area contributed by atoms with E-state index in [1.165, 1.54) is 4.90 Å². The Hall–Kier alpha value is -0.0800. The van der Waals surface area contributed by atoms with Gasteiger partial charge in [-0.3, -0.25) is 4.90 Å². The second-order valence-electron chi connectivity index (χ2n) is 0.898. The zero-order chi connectivity index (χ0) is 4.28. The largest absolute Gasteiger partial charge is 0.381 e. The molecule has 0 saturated heterocycles. The zero-order valence-corrected chi connectivity index (χ0v) is 3.18. The maximum Gasteiger partial charge on any atom is 0.0957 e. The molecule has 30 valence electrons. The van der Waals surface area contributed by atoms with Gasteiger partial charge in [0.1, 0.15) is 0 Å². The summed E-state index contributed by atoms with van der Waals surface area (Å²) in [6, 6.07) is 0. The first-order chi connectivity index (χ1) is 2.27. The fourth-order valence-electron chi connectivity index (χ4n) is 0. The van der Waals surface area contributed by atoms with E-state index in [9.17, 15) is 0 Å². The third-order valence-electron chi connectivity index (χ3n) is 0.223. The summed E-state index contributed by atoms with van der Waals surface area (Å²) in [7, 11) is 6.46. The highest BCUT2D eigenvalue weighted by atomic mass is 16.3. The lowest BCUT2D eigenvalue weighted by molar-refractivity contribution is 0.172. The quantitative estimate of drug-likeness (QED) is 0.335. The van der Waals surface area contributed by atoms with Crippen molar-refractivity contribution >= 4 is 0 Å². The van der Waals surface area contributed by atoms with Gasteiger partial charge in [-0.1, -0.05) is 0 Å². The molecular formula is C3H7NO. The van der Waals surface area contributed by atoms with Gasteiger partial charge in [-0.05, 0) is 7.05 Å². The van der Waals surface area contributed by atoms with Crippen molar-refractivity contribution in [2.75, 3.05) is 13.8 Å². The lowest BCUT2D eigenvalue weighted by Gasteiger charge is -1.97. The predicted molar refractivity (Wildman–Crippen MR) is 19.1 cm³/mol. The lowest BCUT2D eigenvalue weighted by Crippen LogP contribution is -2.08. The molecule has 2 heteroatoms. The molecule has 2 nitrogen and oxygen atoms in total. The number of nitrogens with zero attached hydrogens (tertiary/aromatic N) is 1. The molecule has 1 N–H and O–H groups in total. The number of aliphatic hydroxyl groups is 1. The van der Waals surface area contributed by atoms with Gasteiger partial charge in [0.05, 0.1) is 6.73 Å². The Labute approximate surface area is 32.0 Å². The molecule has 0 spiro atoms. The van der Waals surface area contributed by atoms with Crippen LogP contribution in [-0.2, 0) is 0 Å². The van der Waals surface area contributed by atoms with Crippen molar-refractivity contribution < 1.29 is 5.11 Å². The van der Waals surface area contributed by atoms with E-state index in [0.29, 0.717) is 0 Å². The Morgan fingerprint density at radius 2 is 2.20 bits per heavy atom. The molecule has 0 saturated carbocycles. The molecule has 0 aromatic rings. The molecule has 0 fully saturated rings. The minimum absolute atomic E-state index is 0.0833. The molecule has 0 unspecified atom stereocenters. The number of aliphatic hydroxyl groups excluding tert-OH is 1. The molecule has 0 amide bonds. The van der Waals surface area contributed by atoms with Crippen LogP contribution in [0.4, 0.5) is 0 Å². The van der Waals surface area contributed by atoms with Crippen LogP contribution in [0.25, 0.3) is 0 Å². The second kappa shape index (κ2) is 2.18. The normalized spacial score (nSPS) is 9.60. The standard InChI is InChI=1S/C3H7NO/c1-4(2)3-5/h1,5H,3H2,2H3. The SMILES string of the molecule is [CH]N(C)CO. The smallest absolute Gasteiger partial charge is 0.0957 e. The Kier molecular flexibility index (Phi) is 2.14. The fraction of sp³-hybridized carbons (Fsp3) is 0.667. The summed E-state index contributed by atoms with van der Waals surface area (Å²) in [5.41, 5.74) is 0. The van der Waals surface area contributed by atoms with E-state index in [1.54, 1.807) is 7.05 Å². The first kappa shape index (κ1) is 4.92. The van der Waals surface area contributed by atoms with Crippen molar-refractivity contribution in [2.45, 2.75) is 0 Å². The van der Waals surface area contributed by atoms with Gasteiger partial charge in [-0.15, -0.1) is 0 Å². The summed E-state index contributed by atoms with van der Waals surface area (Å²) >= 11 is 0. The van der Waals surface area contributed by atoms with Crippen molar-refractivity contribution in [2.24, 2.45) is 0 Å². The van der Waals surface area contributed by atoms with Crippen LogP contribution in [0.5, 0.6) is 0 Å². The van der Waals surface area contributed by atoms with E-state index in [2.05, 4.69) is 0 Å².